The lowest BCUT2D eigenvalue weighted by Crippen LogP contribution is -2.30. The van der Waals surface area contributed by atoms with E-state index in [1.54, 1.807) is 12.1 Å². The van der Waals surface area contributed by atoms with E-state index in [1.165, 1.54) is 18.2 Å². The predicted molar refractivity (Wildman–Crippen MR) is 67.8 cm³/mol. The largest absolute Gasteiger partial charge is 0.508 e. The summed E-state index contributed by atoms with van der Waals surface area (Å²) < 4.78 is 4.73. The van der Waals surface area contributed by atoms with Crippen molar-refractivity contribution in [2.45, 2.75) is 12.5 Å². The maximum absolute atomic E-state index is 11.4. The zero-order chi connectivity index (χ0) is 14.3. The standard InChI is InChI=1S/C13H15NO5/c1-2-6-19-13(18)14-11(8-12(16)17)9-4-3-5-10(15)7-9/h2-5,7,11,15H,1,6,8H2,(H,14,18)(H,16,17). The normalized spacial score (nSPS) is 11.4. The number of amides is 1. The zero-order valence-electron chi connectivity index (χ0n) is 10.2. The Morgan fingerprint density at radius 3 is 2.79 bits per heavy atom. The summed E-state index contributed by atoms with van der Waals surface area (Å²) in [6.45, 7) is 3.43. The third-order valence-electron chi connectivity index (χ3n) is 2.28. The van der Waals surface area contributed by atoms with Gasteiger partial charge in [0.15, 0.2) is 0 Å². The lowest BCUT2D eigenvalue weighted by molar-refractivity contribution is -0.137. The Hall–Kier alpha value is -2.50. The fourth-order valence-electron chi connectivity index (χ4n) is 1.49. The van der Waals surface area contributed by atoms with Crippen LogP contribution in [0.5, 0.6) is 5.75 Å². The average molecular weight is 265 g/mol. The molecule has 0 saturated heterocycles. The molecule has 6 heteroatoms. The van der Waals surface area contributed by atoms with Crippen LogP contribution in [0.3, 0.4) is 0 Å². The van der Waals surface area contributed by atoms with Crippen molar-refractivity contribution in [1.29, 1.82) is 0 Å². The molecule has 0 bridgehead atoms. The lowest BCUT2D eigenvalue weighted by atomic mass is 10.0. The van der Waals surface area contributed by atoms with Crippen LogP contribution < -0.4 is 5.32 Å². The number of nitrogens with one attached hydrogen (secondary N) is 1. The number of hydrogen-bond acceptors (Lipinski definition) is 4. The van der Waals surface area contributed by atoms with Gasteiger partial charge in [-0.2, -0.15) is 0 Å². The molecule has 3 N–H and O–H groups in total. The maximum atomic E-state index is 11.4. The van der Waals surface area contributed by atoms with E-state index in [4.69, 9.17) is 9.84 Å². The van der Waals surface area contributed by atoms with Gasteiger partial charge in [-0.1, -0.05) is 24.8 Å². The van der Waals surface area contributed by atoms with Gasteiger partial charge < -0.3 is 20.3 Å². The van der Waals surface area contributed by atoms with E-state index in [9.17, 15) is 14.7 Å². The maximum Gasteiger partial charge on any atom is 0.407 e. The van der Waals surface area contributed by atoms with Gasteiger partial charge in [-0.15, -0.1) is 0 Å². The third-order valence-corrected chi connectivity index (χ3v) is 2.28. The highest BCUT2D eigenvalue weighted by molar-refractivity contribution is 5.72. The Morgan fingerprint density at radius 1 is 1.47 bits per heavy atom. The van der Waals surface area contributed by atoms with Gasteiger partial charge in [0.2, 0.25) is 0 Å². The molecular weight excluding hydrogens is 250 g/mol. The smallest absolute Gasteiger partial charge is 0.407 e. The molecule has 0 spiro atoms. The topological polar surface area (TPSA) is 95.9 Å². The van der Waals surface area contributed by atoms with Crippen molar-refractivity contribution in [1.82, 2.24) is 5.32 Å². The number of carboxylic acid groups (broad SMARTS) is 1. The molecule has 0 radical (unpaired) electrons. The number of phenolic OH excluding ortho intramolecular Hbond substituents is 1. The molecule has 0 aliphatic carbocycles. The van der Waals surface area contributed by atoms with E-state index in [0.29, 0.717) is 5.56 Å². The van der Waals surface area contributed by atoms with Crippen LogP contribution in [0.2, 0.25) is 0 Å². The Kier molecular flexibility index (Phi) is 5.40. The van der Waals surface area contributed by atoms with Crippen molar-refractivity contribution in [2.75, 3.05) is 6.61 Å². The molecule has 102 valence electrons. The van der Waals surface area contributed by atoms with Crippen molar-refractivity contribution in [3.05, 3.63) is 42.5 Å². The summed E-state index contributed by atoms with van der Waals surface area (Å²) in [6, 6.07) is 5.25. The number of phenols is 1. The van der Waals surface area contributed by atoms with Crippen LogP contribution in [0, 0.1) is 0 Å². The second-order valence-corrected chi connectivity index (χ2v) is 3.78. The third kappa shape index (κ3) is 5.12. The molecule has 0 fully saturated rings. The Morgan fingerprint density at radius 2 is 2.21 bits per heavy atom. The molecule has 1 aromatic carbocycles. The highest BCUT2D eigenvalue weighted by Crippen LogP contribution is 2.21. The van der Waals surface area contributed by atoms with Gasteiger partial charge in [-0.25, -0.2) is 4.79 Å². The number of alkyl carbamates (subject to hydrolysis) is 1. The Balaban J connectivity index is 2.79. The van der Waals surface area contributed by atoms with Crippen LogP contribution in [0.4, 0.5) is 4.79 Å². The molecule has 1 amide bonds. The van der Waals surface area contributed by atoms with Crippen LogP contribution in [0.15, 0.2) is 36.9 Å². The van der Waals surface area contributed by atoms with E-state index >= 15 is 0 Å². The molecule has 1 aromatic rings. The minimum atomic E-state index is -1.07. The summed E-state index contributed by atoms with van der Waals surface area (Å²) in [5, 5.41) is 20.6. The average Bonchev–Trinajstić information content (AvgIpc) is 2.35. The van der Waals surface area contributed by atoms with E-state index in [2.05, 4.69) is 11.9 Å². The van der Waals surface area contributed by atoms with Crippen LogP contribution >= 0.6 is 0 Å². The van der Waals surface area contributed by atoms with Gasteiger partial charge in [0, 0.05) is 0 Å². The molecule has 0 saturated carbocycles. The fourth-order valence-corrected chi connectivity index (χ4v) is 1.49. The zero-order valence-corrected chi connectivity index (χ0v) is 10.2. The highest BCUT2D eigenvalue weighted by Gasteiger charge is 2.19. The number of ether oxygens (including phenoxy) is 1. The fraction of sp³-hybridized carbons (Fsp3) is 0.231. The van der Waals surface area contributed by atoms with Gasteiger partial charge in [0.1, 0.15) is 12.4 Å². The molecule has 1 rings (SSSR count). The van der Waals surface area contributed by atoms with Crippen molar-refractivity contribution in [2.24, 2.45) is 0 Å². The van der Waals surface area contributed by atoms with E-state index in [0.717, 1.165) is 0 Å². The number of hydrogen-bond donors (Lipinski definition) is 3. The van der Waals surface area contributed by atoms with Crippen molar-refractivity contribution >= 4 is 12.1 Å². The van der Waals surface area contributed by atoms with Crippen LogP contribution in [0.1, 0.15) is 18.0 Å². The monoisotopic (exact) mass is 265 g/mol. The number of aliphatic carboxylic acids is 1. The van der Waals surface area contributed by atoms with Gasteiger partial charge in [0.05, 0.1) is 12.5 Å². The van der Waals surface area contributed by atoms with E-state index < -0.39 is 18.1 Å². The summed E-state index contributed by atoms with van der Waals surface area (Å²) in [7, 11) is 0. The van der Waals surface area contributed by atoms with Crippen LogP contribution in [-0.2, 0) is 9.53 Å². The number of carbonyl (C=O) groups excluding carboxylic acids is 1. The molecule has 0 heterocycles. The second kappa shape index (κ2) is 7.05. The SMILES string of the molecule is C=CCOC(=O)NC(CC(=O)O)c1cccc(O)c1. The summed E-state index contributed by atoms with van der Waals surface area (Å²) in [6.07, 6.45) is 0.349. The van der Waals surface area contributed by atoms with Crippen LogP contribution in [0.25, 0.3) is 0 Å². The molecule has 1 unspecified atom stereocenters. The Labute approximate surface area is 110 Å². The molecule has 1 atom stereocenters. The first-order chi connectivity index (χ1) is 9.02. The first-order valence-corrected chi connectivity index (χ1v) is 5.58. The minimum Gasteiger partial charge on any atom is -0.508 e. The lowest BCUT2D eigenvalue weighted by Gasteiger charge is -2.17. The van der Waals surface area contributed by atoms with E-state index in [1.807, 2.05) is 0 Å². The second-order valence-electron chi connectivity index (χ2n) is 3.78. The number of carbonyl (C=O) groups is 2. The quantitative estimate of drug-likeness (QED) is 0.682. The summed E-state index contributed by atoms with van der Waals surface area (Å²) in [5.41, 5.74) is 0.484. The van der Waals surface area contributed by atoms with Gasteiger partial charge in [-0.3, -0.25) is 4.79 Å². The molecule has 0 aliphatic heterocycles. The first kappa shape index (κ1) is 14.6. The molecule has 19 heavy (non-hydrogen) atoms. The van der Waals surface area contributed by atoms with Crippen molar-refractivity contribution in [3.63, 3.8) is 0 Å². The summed E-state index contributed by atoms with van der Waals surface area (Å²) in [5.74, 6) is -1.08. The van der Waals surface area contributed by atoms with Gasteiger partial charge in [-0.05, 0) is 17.7 Å². The van der Waals surface area contributed by atoms with Crippen molar-refractivity contribution in [3.8, 4) is 5.75 Å². The number of carboxylic acids is 1. The Bertz CT molecular complexity index is 472. The first-order valence-electron chi connectivity index (χ1n) is 5.58. The molecule has 0 aliphatic rings. The molecule has 0 aromatic heterocycles. The van der Waals surface area contributed by atoms with Gasteiger partial charge >= 0.3 is 12.1 Å². The highest BCUT2D eigenvalue weighted by atomic mass is 16.5. The summed E-state index contributed by atoms with van der Waals surface area (Å²) in [4.78, 5) is 22.2. The summed E-state index contributed by atoms with van der Waals surface area (Å²) >= 11 is 0. The number of benzene rings is 1. The predicted octanol–water partition coefficient (Wildman–Crippen LogP) is 1.82. The number of rotatable bonds is 6. The van der Waals surface area contributed by atoms with Gasteiger partial charge in [0.25, 0.3) is 0 Å². The van der Waals surface area contributed by atoms with E-state index in [-0.39, 0.29) is 18.8 Å². The minimum absolute atomic E-state index is 0.00542. The number of aromatic hydroxyl groups is 1. The molecular formula is C13H15NO5. The van der Waals surface area contributed by atoms with Crippen molar-refractivity contribution < 1.29 is 24.5 Å². The van der Waals surface area contributed by atoms with Crippen LogP contribution in [-0.4, -0.2) is 28.9 Å². The molecule has 6 nitrogen and oxygen atoms in total.